The first-order chi connectivity index (χ1) is 15.5. The summed E-state index contributed by atoms with van der Waals surface area (Å²) < 4.78 is 77.9. The molecule has 0 unspecified atom stereocenters. The average molecular weight is 478 g/mol. The summed E-state index contributed by atoms with van der Waals surface area (Å²) in [6.07, 6.45) is -3.59. The van der Waals surface area contributed by atoms with Gasteiger partial charge in [-0.25, -0.2) is 5.43 Å². The second-order valence-electron chi connectivity index (χ2n) is 6.67. The number of carbonyl (C=O) groups is 1. The number of benzene rings is 3. The predicted octanol–water partition coefficient (Wildman–Crippen LogP) is 4.39. The third-order valence-corrected chi connectivity index (χ3v) is 5.47. The molecule has 0 atom stereocenters. The molecule has 3 aromatic rings. The van der Waals surface area contributed by atoms with Crippen LogP contribution in [0.2, 0.25) is 0 Å². The van der Waals surface area contributed by atoms with Crippen LogP contribution in [0.15, 0.2) is 76.7 Å². The minimum Gasteiger partial charge on any atom is -0.496 e. The van der Waals surface area contributed by atoms with Crippen LogP contribution < -0.4 is 10.2 Å². The normalized spacial score (nSPS) is 12.0. The number of para-hydroxylation sites is 1. The van der Waals surface area contributed by atoms with E-state index in [1.807, 2.05) is 0 Å². The van der Waals surface area contributed by atoms with Crippen molar-refractivity contribution >= 4 is 22.2 Å². The lowest BCUT2D eigenvalue weighted by Crippen LogP contribution is -2.18. The minimum absolute atomic E-state index is 0.0477. The molecular weight excluding hydrogens is 461 g/mol. The van der Waals surface area contributed by atoms with Crippen LogP contribution in [0.5, 0.6) is 5.75 Å². The van der Waals surface area contributed by atoms with Gasteiger partial charge in [-0.1, -0.05) is 36.4 Å². The summed E-state index contributed by atoms with van der Waals surface area (Å²) in [5.74, 6) is -0.286. The smallest absolute Gasteiger partial charge is 0.416 e. The topological polar surface area (TPSA) is 105 Å². The number of alkyl halides is 3. The third-order valence-electron chi connectivity index (χ3n) is 4.56. The first-order valence-corrected chi connectivity index (χ1v) is 10.7. The van der Waals surface area contributed by atoms with Crippen LogP contribution in [0.25, 0.3) is 11.1 Å². The minimum atomic E-state index is -4.83. The molecule has 172 valence electrons. The number of nitrogens with one attached hydrogen (secondary N) is 1. The zero-order valence-corrected chi connectivity index (χ0v) is 17.8. The maximum absolute atomic E-state index is 13.2. The molecular formula is C22H17F3N2O5S. The Morgan fingerprint density at radius 3 is 2.36 bits per heavy atom. The standard InChI is InChI=1S/C22H17F3N2O5S/c1-32-19-9-5-4-8-17(19)21(28)27-26-13-14-6-2-3-7-16(14)18-12-15(22(23,24)25)10-11-20(18)33(29,30)31/h2-13H,1H3,(H,27,28)(H,29,30,31). The largest absolute Gasteiger partial charge is 0.496 e. The Hall–Kier alpha value is -3.70. The van der Waals surface area contributed by atoms with Gasteiger partial charge in [0.25, 0.3) is 16.0 Å². The summed E-state index contributed by atoms with van der Waals surface area (Å²) in [5, 5.41) is 3.83. The van der Waals surface area contributed by atoms with Gasteiger partial charge in [0.1, 0.15) is 10.6 Å². The number of rotatable bonds is 6. The first kappa shape index (κ1) is 24.0. The Morgan fingerprint density at radius 1 is 1.03 bits per heavy atom. The first-order valence-electron chi connectivity index (χ1n) is 9.27. The number of nitrogens with zero attached hydrogens (tertiary/aromatic N) is 1. The van der Waals surface area contributed by atoms with E-state index in [1.165, 1.54) is 31.4 Å². The second kappa shape index (κ2) is 9.43. The van der Waals surface area contributed by atoms with Crippen LogP contribution >= 0.6 is 0 Å². The highest BCUT2D eigenvalue weighted by atomic mass is 32.2. The number of ether oxygens (including phenoxy) is 1. The van der Waals surface area contributed by atoms with Gasteiger partial charge in [0.05, 0.1) is 24.5 Å². The van der Waals surface area contributed by atoms with Gasteiger partial charge in [0.15, 0.2) is 0 Å². The zero-order valence-electron chi connectivity index (χ0n) is 17.0. The Labute approximate surface area is 187 Å². The van der Waals surface area contributed by atoms with Gasteiger partial charge in [0, 0.05) is 11.1 Å². The van der Waals surface area contributed by atoms with Gasteiger partial charge in [-0.2, -0.15) is 26.7 Å². The quantitative estimate of drug-likeness (QED) is 0.311. The van der Waals surface area contributed by atoms with Gasteiger partial charge >= 0.3 is 6.18 Å². The Balaban J connectivity index is 2.01. The number of amides is 1. The molecule has 3 aromatic carbocycles. The lowest BCUT2D eigenvalue weighted by Gasteiger charge is -2.14. The Bertz CT molecular complexity index is 1320. The van der Waals surface area contributed by atoms with Gasteiger partial charge in [-0.3, -0.25) is 9.35 Å². The van der Waals surface area contributed by atoms with Crippen molar-refractivity contribution in [1.82, 2.24) is 5.43 Å². The van der Waals surface area contributed by atoms with E-state index < -0.39 is 32.7 Å². The number of carbonyl (C=O) groups excluding carboxylic acids is 1. The van der Waals surface area contributed by atoms with Crippen molar-refractivity contribution < 1.29 is 35.7 Å². The molecule has 11 heteroatoms. The summed E-state index contributed by atoms with van der Waals surface area (Å²) in [6.45, 7) is 0. The van der Waals surface area contributed by atoms with E-state index in [0.717, 1.165) is 6.21 Å². The molecule has 7 nitrogen and oxygen atoms in total. The van der Waals surface area contributed by atoms with Crippen molar-refractivity contribution in [3.63, 3.8) is 0 Å². The molecule has 3 rings (SSSR count). The molecule has 2 N–H and O–H groups in total. The predicted molar refractivity (Wildman–Crippen MR) is 115 cm³/mol. The molecule has 0 aliphatic carbocycles. The van der Waals surface area contributed by atoms with Crippen LogP contribution in [0, 0.1) is 0 Å². The summed E-state index contributed by atoms with van der Waals surface area (Å²) in [7, 11) is -3.44. The van der Waals surface area contributed by atoms with Crippen molar-refractivity contribution in [2.75, 3.05) is 7.11 Å². The average Bonchev–Trinajstić information content (AvgIpc) is 2.77. The van der Waals surface area contributed by atoms with Crippen molar-refractivity contribution in [3.05, 3.63) is 83.4 Å². The molecule has 0 aliphatic rings. The lowest BCUT2D eigenvalue weighted by molar-refractivity contribution is -0.137. The second-order valence-corrected chi connectivity index (χ2v) is 8.06. The number of methoxy groups -OCH3 is 1. The summed E-state index contributed by atoms with van der Waals surface area (Å²) in [6, 6.07) is 14.1. The van der Waals surface area contributed by atoms with E-state index in [9.17, 15) is 30.9 Å². The van der Waals surface area contributed by atoms with Gasteiger partial charge < -0.3 is 4.74 Å². The molecule has 0 radical (unpaired) electrons. The molecule has 0 aliphatic heterocycles. The van der Waals surface area contributed by atoms with E-state index in [2.05, 4.69) is 10.5 Å². The zero-order chi connectivity index (χ0) is 24.2. The van der Waals surface area contributed by atoms with Crippen LogP contribution in [-0.4, -0.2) is 32.2 Å². The van der Waals surface area contributed by atoms with Gasteiger partial charge in [-0.05, 0) is 35.9 Å². The summed E-state index contributed by atoms with van der Waals surface area (Å²) in [4.78, 5) is 11.7. The van der Waals surface area contributed by atoms with E-state index in [1.54, 1.807) is 24.3 Å². The maximum atomic E-state index is 13.2. The van der Waals surface area contributed by atoms with Crippen molar-refractivity contribution in [2.24, 2.45) is 5.10 Å². The van der Waals surface area contributed by atoms with E-state index in [0.29, 0.717) is 23.9 Å². The third kappa shape index (κ3) is 5.57. The Morgan fingerprint density at radius 2 is 1.70 bits per heavy atom. The molecule has 33 heavy (non-hydrogen) atoms. The van der Waals surface area contributed by atoms with Gasteiger partial charge in [-0.15, -0.1) is 0 Å². The van der Waals surface area contributed by atoms with Crippen LogP contribution in [-0.2, 0) is 16.3 Å². The van der Waals surface area contributed by atoms with E-state index >= 15 is 0 Å². The molecule has 0 spiro atoms. The van der Waals surface area contributed by atoms with E-state index in [-0.39, 0.29) is 22.3 Å². The lowest BCUT2D eigenvalue weighted by atomic mass is 9.98. The fourth-order valence-corrected chi connectivity index (χ4v) is 3.74. The van der Waals surface area contributed by atoms with Crippen molar-refractivity contribution in [1.29, 1.82) is 0 Å². The molecule has 1 amide bonds. The SMILES string of the molecule is COc1ccccc1C(=O)NN=Cc1ccccc1-c1cc(C(F)(F)F)ccc1S(=O)(=O)O. The molecule has 0 fully saturated rings. The molecule has 0 aromatic heterocycles. The van der Waals surface area contributed by atoms with Crippen LogP contribution in [0.1, 0.15) is 21.5 Å². The van der Waals surface area contributed by atoms with Crippen LogP contribution in [0.4, 0.5) is 13.2 Å². The molecule has 0 bridgehead atoms. The number of hydrogen-bond acceptors (Lipinski definition) is 5. The maximum Gasteiger partial charge on any atom is 0.416 e. The molecule has 0 saturated heterocycles. The number of halogens is 3. The monoisotopic (exact) mass is 478 g/mol. The molecule has 0 heterocycles. The fourth-order valence-electron chi connectivity index (χ4n) is 3.05. The Kier molecular flexibility index (Phi) is 6.84. The van der Waals surface area contributed by atoms with Crippen LogP contribution in [0.3, 0.4) is 0 Å². The summed E-state index contributed by atoms with van der Waals surface area (Å²) >= 11 is 0. The highest BCUT2D eigenvalue weighted by Crippen LogP contribution is 2.36. The highest BCUT2D eigenvalue weighted by Gasteiger charge is 2.32. The van der Waals surface area contributed by atoms with Gasteiger partial charge in [0.2, 0.25) is 0 Å². The summed E-state index contributed by atoms with van der Waals surface area (Å²) in [5.41, 5.74) is 1.27. The molecule has 0 saturated carbocycles. The highest BCUT2D eigenvalue weighted by molar-refractivity contribution is 7.86. The van der Waals surface area contributed by atoms with Crippen molar-refractivity contribution in [3.8, 4) is 16.9 Å². The fraction of sp³-hybridized carbons (Fsp3) is 0.0909. The number of hydrogen-bond donors (Lipinski definition) is 2. The number of hydrazone groups is 1. The van der Waals surface area contributed by atoms with E-state index in [4.69, 9.17) is 4.74 Å². The van der Waals surface area contributed by atoms with Crippen molar-refractivity contribution in [2.45, 2.75) is 11.1 Å².